The minimum Gasteiger partial charge on any atom is -0.465 e. The summed E-state index contributed by atoms with van der Waals surface area (Å²) in [5.41, 5.74) is 2.18. The number of anilines is 1. The summed E-state index contributed by atoms with van der Waals surface area (Å²) in [5, 5.41) is 3.02. The molecule has 0 saturated carbocycles. The van der Waals surface area contributed by atoms with Crippen molar-refractivity contribution in [2.24, 2.45) is 0 Å². The molecule has 8 nitrogen and oxygen atoms in total. The molecule has 0 saturated heterocycles. The van der Waals surface area contributed by atoms with E-state index < -0.39 is 34.3 Å². The van der Waals surface area contributed by atoms with E-state index in [0.717, 1.165) is 10.6 Å². The minimum atomic E-state index is -3.94. The predicted molar refractivity (Wildman–Crippen MR) is 139 cm³/mol. The highest BCUT2D eigenvalue weighted by Gasteiger charge is 2.28. The van der Waals surface area contributed by atoms with Crippen LogP contribution in [0.25, 0.3) is 33.4 Å². The van der Waals surface area contributed by atoms with Crippen LogP contribution < -0.4 is 9.62 Å². The second-order valence-electron chi connectivity index (χ2n) is 8.20. The van der Waals surface area contributed by atoms with Crippen molar-refractivity contribution in [2.75, 3.05) is 30.8 Å². The van der Waals surface area contributed by atoms with Gasteiger partial charge in [-0.15, -0.1) is 0 Å². The highest BCUT2D eigenvalue weighted by atomic mass is 32.2. The van der Waals surface area contributed by atoms with E-state index in [1.54, 1.807) is 37.3 Å². The number of ether oxygens (including phenoxy) is 1. The molecule has 0 aliphatic heterocycles. The van der Waals surface area contributed by atoms with Crippen LogP contribution in [0.3, 0.4) is 0 Å². The Bertz CT molecular complexity index is 1560. The molecule has 1 aromatic heterocycles. The van der Waals surface area contributed by atoms with E-state index in [-0.39, 0.29) is 29.2 Å². The smallest absolute Gasteiger partial charge is 0.326 e. The molecule has 4 aromatic rings. The fourth-order valence-corrected chi connectivity index (χ4v) is 4.90. The number of furan rings is 1. The van der Waals surface area contributed by atoms with Gasteiger partial charge in [0.25, 0.3) is 5.91 Å². The zero-order valence-electron chi connectivity index (χ0n) is 20.4. The summed E-state index contributed by atoms with van der Waals surface area (Å²) in [7, 11) is -2.46. The Morgan fingerprint density at radius 3 is 2.30 bits per heavy atom. The van der Waals surface area contributed by atoms with E-state index in [2.05, 4.69) is 5.32 Å². The molecule has 0 bridgehead atoms. The lowest BCUT2D eigenvalue weighted by Gasteiger charge is -2.24. The second kappa shape index (κ2) is 10.4. The average Bonchev–Trinajstić information content (AvgIpc) is 3.25. The van der Waals surface area contributed by atoms with Gasteiger partial charge in [-0.3, -0.25) is 13.9 Å². The van der Waals surface area contributed by atoms with E-state index in [0.29, 0.717) is 22.1 Å². The van der Waals surface area contributed by atoms with Crippen LogP contribution >= 0.6 is 0 Å². The van der Waals surface area contributed by atoms with Crippen molar-refractivity contribution in [3.8, 4) is 22.5 Å². The van der Waals surface area contributed by atoms with Crippen molar-refractivity contribution >= 4 is 38.6 Å². The first kappa shape index (κ1) is 25.9. The summed E-state index contributed by atoms with van der Waals surface area (Å²) in [6, 6.07) is 17.6. The zero-order chi connectivity index (χ0) is 26.7. The van der Waals surface area contributed by atoms with Gasteiger partial charge in [-0.1, -0.05) is 30.3 Å². The third-order valence-electron chi connectivity index (χ3n) is 5.70. The second-order valence-corrected chi connectivity index (χ2v) is 10.1. The zero-order valence-corrected chi connectivity index (χ0v) is 21.3. The Morgan fingerprint density at radius 1 is 1.03 bits per heavy atom. The number of nitrogens with one attached hydrogen (secondary N) is 1. The molecular formula is C27H25FN2O6S. The third-order valence-corrected chi connectivity index (χ3v) is 6.83. The van der Waals surface area contributed by atoms with Crippen LogP contribution in [0.5, 0.6) is 0 Å². The van der Waals surface area contributed by atoms with E-state index in [1.165, 1.54) is 37.4 Å². The highest BCUT2D eigenvalue weighted by Crippen LogP contribution is 2.41. The summed E-state index contributed by atoms with van der Waals surface area (Å²) >= 11 is 0. The molecule has 0 atom stereocenters. The SMILES string of the molecule is CCOC(=O)CN(c1cc2oc(-c3ccc(F)cc3)c(C(=O)NC)c2cc1-c1ccccc1)S(C)(=O)=O. The lowest BCUT2D eigenvalue weighted by Crippen LogP contribution is -2.36. The molecule has 0 aliphatic carbocycles. The van der Waals surface area contributed by atoms with Gasteiger partial charge in [-0.2, -0.15) is 0 Å². The molecule has 1 amide bonds. The van der Waals surface area contributed by atoms with Crippen LogP contribution in [0.1, 0.15) is 17.3 Å². The number of carbonyl (C=O) groups excluding carboxylic acids is 2. The van der Waals surface area contributed by atoms with Gasteiger partial charge in [0.15, 0.2) is 0 Å². The summed E-state index contributed by atoms with van der Waals surface area (Å²) in [6.07, 6.45) is 0.993. The maximum Gasteiger partial charge on any atom is 0.326 e. The molecule has 1 N–H and O–H groups in total. The van der Waals surface area contributed by atoms with Crippen molar-refractivity contribution in [3.63, 3.8) is 0 Å². The maximum atomic E-state index is 13.6. The van der Waals surface area contributed by atoms with Gasteiger partial charge in [-0.05, 0) is 42.8 Å². The number of halogens is 1. The van der Waals surface area contributed by atoms with Crippen molar-refractivity contribution < 1.29 is 31.6 Å². The number of amides is 1. The molecule has 0 spiro atoms. The van der Waals surface area contributed by atoms with Gasteiger partial charge < -0.3 is 14.5 Å². The largest absolute Gasteiger partial charge is 0.465 e. The average molecular weight is 525 g/mol. The van der Waals surface area contributed by atoms with Crippen LogP contribution in [0.2, 0.25) is 0 Å². The topological polar surface area (TPSA) is 106 Å². The normalized spacial score (nSPS) is 11.4. The monoisotopic (exact) mass is 524 g/mol. The van der Waals surface area contributed by atoms with Crippen LogP contribution in [-0.2, 0) is 19.6 Å². The highest BCUT2D eigenvalue weighted by molar-refractivity contribution is 7.92. The van der Waals surface area contributed by atoms with Crippen LogP contribution in [0.15, 0.2) is 71.1 Å². The van der Waals surface area contributed by atoms with Gasteiger partial charge in [0, 0.05) is 29.6 Å². The van der Waals surface area contributed by atoms with Crippen LogP contribution in [-0.4, -0.2) is 46.7 Å². The van der Waals surface area contributed by atoms with Crippen molar-refractivity contribution in [2.45, 2.75) is 6.92 Å². The fourth-order valence-electron chi connectivity index (χ4n) is 4.05. The predicted octanol–water partition coefficient (Wildman–Crippen LogP) is 4.59. The number of hydrogen-bond donors (Lipinski definition) is 1. The number of rotatable bonds is 8. The van der Waals surface area contributed by atoms with Crippen LogP contribution in [0.4, 0.5) is 10.1 Å². The van der Waals surface area contributed by atoms with Crippen molar-refractivity contribution in [3.05, 3.63) is 78.1 Å². The molecule has 37 heavy (non-hydrogen) atoms. The molecule has 4 rings (SSSR count). The Morgan fingerprint density at radius 2 is 1.70 bits per heavy atom. The Labute approximate surface area is 213 Å². The quantitative estimate of drug-likeness (QED) is 0.338. The molecule has 0 radical (unpaired) electrons. The summed E-state index contributed by atoms with van der Waals surface area (Å²) in [5.74, 6) is -1.40. The van der Waals surface area contributed by atoms with Crippen molar-refractivity contribution in [1.82, 2.24) is 5.32 Å². The molecule has 1 heterocycles. The Hall–Kier alpha value is -4.18. The molecule has 0 fully saturated rings. The first-order valence-electron chi connectivity index (χ1n) is 11.4. The lowest BCUT2D eigenvalue weighted by atomic mass is 9.98. The van der Waals surface area contributed by atoms with Crippen LogP contribution in [0, 0.1) is 5.82 Å². The Kier molecular flexibility index (Phi) is 7.30. The maximum absolute atomic E-state index is 13.6. The van der Waals surface area contributed by atoms with E-state index in [1.807, 2.05) is 6.07 Å². The number of benzene rings is 3. The van der Waals surface area contributed by atoms with Gasteiger partial charge >= 0.3 is 5.97 Å². The number of esters is 1. The summed E-state index contributed by atoms with van der Waals surface area (Å²) < 4.78 is 51.3. The Balaban J connectivity index is 2.05. The molecule has 10 heteroatoms. The van der Waals surface area contributed by atoms with E-state index >= 15 is 0 Å². The fraction of sp³-hybridized carbons (Fsp3) is 0.185. The third kappa shape index (κ3) is 5.34. The molecule has 3 aromatic carbocycles. The van der Waals surface area contributed by atoms with Gasteiger partial charge in [0.1, 0.15) is 23.7 Å². The number of hydrogen-bond acceptors (Lipinski definition) is 6. The van der Waals surface area contributed by atoms with Gasteiger partial charge in [-0.25, -0.2) is 12.8 Å². The number of nitrogens with zero attached hydrogens (tertiary/aromatic N) is 1. The summed E-state index contributed by atoms with van der Waals surface area (Å²) in [4.78, 5) is 25.3. The van der Waals surface area contributed by atoms with Crippen molar-refractivity contribution in [1.29, 1.82) is 0 Å². The number of fused-ring (bicyclic) bond motifs is 1. The summed E-state index contributed by atoms with van der Waals surface area (Å²) in [6.45, 7) is 1.17. The van der Waals surface area contributed by atoms with E-state index in [9.17, 15) is 22.4 Å². The molecular weight excluding hydrogens is 499 g/mol. The number of sulfonamides is 1. The lowest BCUT2D eigenvalue weighted by molar-refractivity contribution is -0.141. The number of carbonyl (C=O) groups is 2. The molecule has 0 unspecified atom stereocenters. The van der Waals surface area contributed by atoms with Gasteiger partial charge in [0.2, 0.25) is 10.0 Å². The first-order chi connectivity index (χ1) is 17.6. The molecule has 0 aliphatic rings. The first-order valence-corrected chi connectivity index (χ1v) is 13.3. The minimum absolute atomic E-state index is 0.0930. The molecule has 192 valence electrons. The van der Waals surface area contributed by atoms with Gasteiger partial charge in [0.05, 0.1) is 24.1 Å². The van der Waals surface area contributed by atoms with E-state index in [4.69, 9.17) is 9.15 Å². The standard InChI is InChI=1S/C27H25FN2O6S/c1-4-35-24(31)16-30(37(3,33)34)22-15-23-21(14-20(22)17-8-6-5-7-9-17)25(27(32)29-2)26(36-23)18-10-12-19(28)13-11-18/h5-15H,4,16H2,1-3H3,(H,29,32).